The summed E-state index contributed by atoms with van der Waals surface area (Å²) in [6.07, 6.45) is 2.08. The molecule has 136 valence electrons. The maximum absolute atomic E-state index is 14.1. The molecule has 6 nitrogen and oxygen atoms in total. The lowest BCUT2D eigenvalue weighted by Crippen LogP contribution is -2.58. The monoisotopic (exact) mass is 350 g/mol. The van der Waals surface area contributed by atoms with E-state index in [0.717, 1.165) is 26.1 Å². The minimum atomic E-state index is -1.13. The fourth-order valence-electron chi connectivity index (χ4n) is 3.76. The van der Waals surface area contributed by atoms with Crippen molar-refractivity contribution in [3.05, 3.63) is 35.6 Å². The van der Waals surface area contributed by atoms with Gasteiger partial charge in [0.05, 0.1) is 12.2 Å². The lowest BCUT2D eigenvalue weighted by atomic mass is 9.96. The number of halogens is 1. The Kier molecular flexibility index (Phi) is 5.06. The highest BCUT2D eigenvalue weighted by molar-refractivity contribution is 5.97. The molecule has 1 N–H and O–H groups in total. The minimum absolute atomic E-state index is 0.0662. The molecule has 2 saturated heterocycles. The summed E-state index contributed by atoms with van der Waals surface area (Å²) in [5, 5.41) is 9.52. The molecule has 0 saturated carbocycles. The van der Waals surface area contributed by atoms with E-state index in [1.165, 1.54) is 23.1 Å². The van der Waals surface area contributed by atoms with E-state index in [1.54, 1.807) is 6.07 Å². The smallest absolute Gasteiger partial charge is 0.328 e. The van der Waals surface area contributed by atoms with E-state index in [0.29, 0.717) is 12.8 Å². The minimum Gasteiger partial charge on any atom is -0.480 e. The highest BCUT2D eigenvalue weighted by Gasteiger charge is 2.54. The van der Waals surface area contributed by atoms with Crippen LogP contribution in [0.2, 0.25) is 0 Å². The predicted octanol–water partition coefficient (Wildman–Crippen LogP) is 1.95. The number of piperidine rings is 1. The van der Waals surface area contributed by atoms with Gasteiger partial charge in [-0.1, -0.05) is 19.1 Å². The van der Waals surface area contributed by atoms with Crippen LogP contribution < -0.4 is 0 Å². The topological polar surface area (TPSA) is 70.1 Å². The lowest BCUT2D eigenvalue weighted by Gasteiger charge is -2.44. The van der Waals surface area contributed by atoms with Crippen LogP contribution in [0.3, 0.4) is 0 Å². The second-order valence-corrected chi connectivity index (χ2v) is 6.61. The Balaban J connectivity index is 1.90. The number of hydrogen-bond donors (Lipinski definition) is 1. The third kappa shape index (κ3) is 3.26. The Bertz CT molecular complexity index is 658. The molecule has 1 amide bonds. The number of hydrogen-bond acceptors (Lipinski definition) is 4. The van der Waals surface area contributed by atoms with E-state index in [-0.39, 0.29) is 12.2 Å². The number of carboxylic acid groups (broad SMARTS) is 1. The van der Waals surface area contributed by atoms with Crippen molar-refractivity contribution in [1.82, 2.24) is 9.80 Å². The summed E-state index contributed by atoms with van der Waals surface area (Å²) in [6.45, 7) is 4.44. The Morgan fingerprint density at radius 2 is 2.00 bits per heavy atom. The largest absolute Gasteiger partial charge is 0.480 e. The Morgan fingerprint density at radius 1 is 1.32 bits per heavy atom. The Hall–Kier alpha value is -1.99. The quantitative estimate of drug-likeness (QED) is 0.899. The van der Waals surface area contributed by atoms with E-state index >= 15 is 0 Å². The second-order valence-electron chi connectivity index (χ2n) is 6.61. The zero-order valence-corrected chi connectivity index (χ0v) is 14.3. The fourth-order valence-corrected chi connectivity index (χ4v) is 3.76. The number of carboxylic acids is 1. The fraction of sp³-hybridized carbons (Fsp3) is 0.556. The van der Waals surface area contributed by atoms with Crippen molar-refractivity contribution in [3.8, 4) is 0 Å². The first-order chi connectivity index (χ1) is 12.0. The molecule has 3 rings (SSSR count). The van der Waals surface area contributed by atoms with Crippen LogP contribution in [-0.2, 0) is 9.53 Å². The van der Waals surface area contributed by atoms with E-state index < -0.39 is 29.5 Å². The van der Waals surface area contributed by atoms with Gasteiger partial charge in [-0.25, -0.2) is 9.18 Å². The van der Waals surface area contributed by atoms with Crippen LogP contribution in [0.15, 0.2) is 24.3 Å². The van der Waals surface area contributed by atoms with Crippen LogP contribution in [0.25, 0.3) is 0 Å². The van der Waals surface area contributed by atoms with Gasteiger partial charge in [0, 0.05) is 25.9 Å². The first-order valence-corrected chi connectivity index (χ1v) is 8.66. The molecule has 2 heterocycles. The van der Waals surface area contributed by atoms with Crippen molar-refractivity contribution >= 4 is 11.9 Å². The van der Waals surface area contributed by atoms with Gasteiger partial charge >= 0.3 is 5.97 Å². The summed E-state index contributed by atoms with van der Waals surface area (Å²) < 4.78 is 19.9. The van der Waals surface area contributed by atoms with Crippen molar-refractivity contribution in [3.63, 3.8) is 0 Å². The Labute approximate surface area is 146 Å². The number of carbonyl (C=O) groups excluding carboxylic acids is 1. The third-order valence-corrected chi connectivity index (χ3v) is 5.05. The SMILES string of the molecule is CCCN1CCC2(CC1)OC[C@@H](C(=O)O)N2C(=O)c1ccccc1F. The molecular weight excluding hydrogens is 327 g/mol. The van der Waals surface area contributed by atoms with Crippen LogP contribution in [-0.4, -0.2) is 64.8 Å². The first kappa shape index (κ1) is 17.8. The molecule has 2 fully saturated rings. The molecule has 2 aliphatic rings. The molecule has 0 aromatic heterocycles. The molecule has 2 aliphatic heterocycles. The average molecular weight is 350 g/mol. The van der Waals surface area contributed by atoms with E-state index in [4.69, 9.17) is 4.74 Å². The molecule has 0 bridgehead atoms. The van der Waals surface area contributed by atoms with Gasteiger partial charge in [-0.15, -0.1) is 0 Å². The number of benzene rings is 1. The number of ether oxygens (including phenoxy) is 1. The molecule has 0 aliphatic carbocycles. The first-order valence-electron chi connectivity index (χ1n) is 8.66. The summed E-state index contributed by atoms with van der Waals surface area (Å²) in [7, 11) is 0. The van der Waals surface area contributed by atoms with E-state index in [1.807, 2.05) is 0 Å². The molecule has 0 radical (unpaired) electrons. The standard InChI is InChI=1S/C18H23FN2O4/c1-2-9-20-10-7-18(8-11-20)21(15(12-25-18)17(23)24)16(22)13-5-3-4-6-14(13)19/h3-6,15H,2,7-12H2,1H3,(H,23,24)/t15-/m0/s1. The van der Waals surface area contributed by atoms with Gasteiger partial charge in [0.1, 0.15) is 11.5 Å². The van der Waals surface area contributed by atoms with Crippen molar-refractivity contribution in [2.24, 2.45) is 0 Å². The van der Waals surface area contributed by atoms with Crippen LogP contribution in [0, 0.1) is 5.82 Å². The number of carbonyl (C=O) groups is 2. The summed E-state index contributed by atoms with van der Waals surface area (Å²) in [5.74, 6) is -2.40. The predicted molar refractivity (Wildman–Crippen MR) is 88.6 cm³/mol. The lowest BCUT2D eigenvalue weighted by molar-refractivity contribution is -0.143. The molecule has 1 aromatic carbocycles. The molecular formula is C18H23FN2O4. The van der Waals surface area contributed by atoms with Gasteiger partial charge in [0.15, 0.2) is 6.04 Å². The third-order valence-electron chi connectivity index (χ3n) is 5.05. The summed E-state index contributed by atoms with van der Waals surface area (Å²) in [4.78, 5) is 28.2. The molecule has 25 heavy (non-hydrogen) atoms. The van der Waals surface area contributed by atoms with Gasteiger partial charge < -0.3 is 14.7 Å². The van der Waals surface area contributed by atoms with Crippen molar-refractivity contribution in [2.75, 3.05) is 26.2 Å². The zero-order valence-electron chi connectivity index (χ0n) is 14.3. The van der Waals surface area contributed by atoms with Gasteiger partial charge in [-0.3, -0.25) is 9.69 Å². The number of aliphatic carboxylic acids is 1. The molecule has 7 heteroatoms. The van der Waals surface area contributed by atoms with Gasteiger partial charge in [0.2, 0.25) is 0 Å². The number of nitrogens with zero attached hydrogens (tertiary/aromatic N) is 2. The van der Waals surface area contributed by atoms with Crippen LogP contribution in [0.5, 0.6) is 0 Å². The zero-order chi connectivity index (χ0) is 18.0. The summed E-state index contributed by atoms with van der Waals surface area (Å²) >= 11 is 0. The number of rotatable bonds is 4. The summed E-state index contributed by atoms with van der Waals surface area (Å²) in [6, 6.07) is 4.57. The van der Waals surface area contributed by atoms with Gasteiger partial charge in [-0.2, -0.15) is 0 Å². The maximum atomic E-state index is 14.1. The molecule has 1 aromatic rings. The van der Waals surface area contributed by atoms with E-state index in [9.17, 15) is 19.1 Å². The summed E-state index contributed by atoms with van der Waals surface area (Å²) in [5.41, 5.74) is -1.08. The van der Waals surface area contributed by atoms with Crippen LogP contribution in [0.4, 0.5) is 4.39 Å². The average Bonchev–Trinajstić information content (AvgIpc) is 2.96. The van der Waals surface area contributed by atoms with Crippen molar-refractivity contribution in [1.29, 1.82) is 0 Å². The molecule has 1 spiro atoms. The van der Waals surface area contributed by atoms with Crippen LogP contribution >= 0.6 is 0 Å². The second kappa shape index (κ2) is 7.09. The maximum Gasteiger partial charge on any atom is 0.328 e. The van der Waals surface area contributed by atoms with Crippen molar-refractivity contribution < 1.29 is 23.8 Å². The highest BCUT2D eigenvalue weighted by Crippen LogP contribution is 2.38. The van der Waals surface area contributed by atoms with Crippen LogP contribution in [0.1, 0.15) is 36.5 Å². The number of amides is 1. The number of likely N-dealkylation sites (tertiary alicyclic amines) is 1. The molecule has 0 unspecified atom stereocenters. The van der Waals surface area contributed by atoms with Gasteiger partial charge in [-0.05, 0) is 25.1 Å². The van der Waals surface area contributed by atoms with Crippen molar-refractivity contribution in [2.45, 2.75) is 38.0 Å². The Morgan fingerprint density at radius 3 is 2.60 bits per heavy atom. The van der Waals surface area contributed by atoms with Gasteiger partial charge in [0.25, 0.3) is 5.91 Å². The highest BCUT2D eigenvalue weighted by atomic mass is 19.1. The molecule has 1 atom stereocenters. The normalized spacial score (nSPS) is 23.1. The van der Waals surface area contributed by atoms with E-state index in [2.05, 4.69) is 11.8 Å².